The van der Waals surface area contributed by atoms with Crippen LogP contribution >= 0.6 is 0 Å². The van der Waals surface area contributed by atoms with Crippen LogP contribution in [0.5, 0.6) is 0 Å². The Balaban J connectivity index is 1.99. The van der Waals surface area contributed by atoms with E-state index in [0.29, 0.717) is 6.04 Å². The predicted octanol–water partition coefficient (Wildman–Crippen LogP) is 0.278. The van der Waals surface area contributed by atoms with Gasteiger partial charge < -0.3 is 15.5 Å². The number of rotatable bonds is 5. The van der Waals surface area contributed by atoms with Crippen molar-refractivity contribution >= 4 is 0 Å². The average Bonchev–Trinajstić information content (AvgIpc) is 2.56. The topological polar surface area (TPSA) is 27.3 Å². The van der Waals surface area contributed by atoms with Crippen LogP contribution in [0.3, 0.4) is 0 Å². The second-order valence-corrected chi connectivity index (χ2v) is 4.26. The zero-order valence-corrected chi connectivity index (χ0v) is 9.14. The van der Waals surface area contributed by atoms with E-state index in [1.165, 1.54) is 19.4 Å². The van der Waals surface area contributed by atoms with Crippen molar-refractivity contribution in [3.8, 4) is 0 Å². The Kier molecular flexibility index (Phi) is 4.70. The smallest absolute Gasteiger partial charge is 0.0192 e. The van der Waals surface area contributed by atoms with Gasteiger partial charge in [0.1, 0.15) is 0 Å². The van der Waals surface area contributed by atoms with Gasteiger partial charge in [0.15, 0.2) is 0 Å². The number of nitrogens with one attached hydrogen (secondary N) is 2. The summed E-state index contributed by atoms with van der Waals surface area (Å²) in [7, 11) is 4.25. The quantitative estimate of drug-likeness (QED) is 0.644. The molecule has 1 aliphatic heterocycles. The lowest BCUT2D eigenvalue weighted by atomic mass is 10.2. The van der Waals surface area contributed by atoms with Gasteiger partial charge in [0.2, 0.25) is 0 Å². The summed E-state index contributed by atoms with van der Waals surface area (Å²) in [5, 5.41) is 6.99. The van der Waals surface area contributed by atoms with Crippen molar-refractivity contribution in [2.45, 2.75) is 31.8 Å². The Bertz CT molecular complexity index is 128. The molecule has 1 saturated heterocycles. The molecule has 0 spiro atoms. The fourth-order valence-electron chi connectivity index (χ4n) is 1.58. The van der Waals surface area contributed by atoms with Crippen molar-refractivity contribution in [3.63, 3.8) is 0 Å². The van der Waals surface area contributed by atoms with Crippen LogP contribution < -0.4 is 10.6 Å². The lowest BCUT2D eigenvalue weighted by Gasteiger charge is -2.21. The predicted molar refractivity (Wildman–Crippen MR) is 57.0 cm³/mol. The van der Waals surface area contributed by atoms with Crippen molar-refractivity contribution in [2.24, 2.45) is 0 Å². The van der Waals surface area contributed by atoms with Gasteiger partial charge in [-0.15, -0.1) is 0 Å². The Hall–Kier alpha value is -0.120. The first-order valence-corrected chi connectivity index (χ1v) is 5.30. The first-order valence-electron chi connectivity index (χ1n) is 5.30. The number of likely N-dealkylation sites (N-methyl/N-ethyl adjacent to an activating group) is 1. The summed E-state index contributed by atoms with van der Waals surface area (Å²) >= 11 is 0. The number of nitrogens with zero attached hydrogens (tertiary/aromatic N) is 1. The zero-order chi connectivity index (χ0) is 9.68. The standard InChI is InChI=1S/C10H23N3/c1-9(13(2)3)7-11-8-10-5-4-6-12-10/h9-12H,4-8H2,1-3H3. The lowest BCUT2D eigenvalue weighted by Crippen LogP contribution is -2.40. The van der Waals surface area contributed by atoms with Gasteiger partial charge in [-0.25, -0.2) is 0 Å². The molecule has 1 rings (SSSR count). The highest BCUT2D eigenvalue weighted by Crippen LogP contribution is 2.03. The zero-order valence-electron chi connectivity index (χ0n) is 9.14. The van der Waals surface area contributed by atoms with Crippen molar-refractivity contribution in [3.05, 3.63) is 0 Å². The summed E-state index contributed by atoms with van der Waals surface area (Å²) < 4.78 is 0. The Labute approximate surface area is 81.9 Å². The van der Waals surface area contributed by atoms with Crippen LogP contribution in [-0.2, 0) is 0 Å². The number of hydrogen-bond acceptors (Lipinski definition) is 3. The third kappa shape index (κ3) is 4.07. The third-order valence-corrected chi connectivity index (χ3v) is 2.87. The molecule has 2 N–H and O–H groups in total. The Morgan fingerprint density at radius 1 is 1.54 bits per heavy atom. The second-order valence-electron chi connectivity index (χ2n) is 4.26. The largest absolute Gasteiger partial charge is 0.314 e. The van der Waals surface area contributed by atoms with E-state index < -0.39 is 0 Å². The first-order chi connectivity index (χ1) is 6.20. The van der Waals surface area contributed by atoms with Crippen molar-refractivity contribution in [1.82, 2.24) is 15.5 Å². The molecular formula is C10H23N3. The van der Waals surface area contributed by atoms with Crippen LogP contribution in [0.25, 0.3) is 0 Å². The van der Waals surface area contributed by atoms with Crippen LogP contribution in [-0.4, -0.2) is 50.7 Å². The van der Waals surface area contributed by atoms with E-state index in [1.54, 1.807) is 0 Å². The van der Waals surface area contributed by atoms with Crippen LogP contribution in [0.2, 0.25) is 0 Å². The molecule has 1 aliphatic rings. The van der Waals surface area contributed by atoms with E-state index in [9.17, 15) is 0 Å². The summed E-state index contributed by atoms with van der Waals surface area (Å²) in [6.45, 7) is 5.66. The maximum Gasteiger partial charge on any atom is 0.0192 e. The highest BCUT2D eigenvalue weighted by Gasteiger charge is 2.13. The van der Waals surface area contributed by atoms with Crippen molar-refractivity contribution < 1.29 is 0 Å². The van der Waals surface area contributed by atoms with E-state index in [0.717, 1.165) is 19.1 Å². The fraction of sp³-hybridized carbons (Fsp3) is 1.00. The van der Waals surface area contributed by atoms with Gasteiger partial charge in [-0.05, 0) is 40.4 Å². The van der Waals surface area contributed by atoms with E-state index in [4.69, 9.17) is 0 Å². The van der Waals surface area contributed by atoms with Gasteiger partial charge in [0.05, 0.1) is 0 Å². The molecule has 2 unspecified atom stereocenters. The summed E-state index contributed by atoms with van der Waals surface area (Å²) in [5.74, 6) is 0. The van der Waals surface area contributed by atoms with Gasteiger partial charge in [0, 0.05) is 25.2 Å². The van der Waals surface area contributed by atoms with E-state index >= 15 is 0 Å². The van der Waals surface area contributed by atoms with Crippen LogP contribution in [0, 0.1) is 0 Å². The molecule has 0 radical (unpaired) electrons. The van der Waals surface area contributed by atoms with Gasteiger partial charge in [-0.3, -0.25) is 0 Å². The monoisotopic (exact) mass is 185 g/mol. The van der Waals surface area contributed by atoms with E-state index in [-0.39, 0.29) is 0 Å². The highest BCUT2D eigenvalue weighted by atomic mass is 15.1. The Morgan fingerprint density at radius 2 is 2.31 bits per heavy atom. The van der Waals surface area contributed by atoms with Crippen molar-refractivity contribution in [2.75, 3.05) is 33.7 Å². The molecule has 1 fully saturated rings. The molecule has 0 aromatic heterocycles. The maximum atomic E-state index is 3.50. The van der Waals surface area contributed by atoms with E-state index in [1.807, 2.05) is 0 Å². The third-order valence-electron chi connectivity index (χ3n) is 2.87. The second kappa shape index (κ2) is 5.58. The van der Waals surface area contributed by atoms with Crippen molar-refractivity contribution in [1.29, 1.82) is 0 Å². The maximum absolute atomic E-state index is 3.50. The minimum absolute atomic E-state index is 0.626. The van der Waals surface area contributed by atoms with Gasteiger partial charge in [-0.1, -0.05) is 0 Å². The lowest BCUT2D eigenvalue weighted by molar-refractivity contribution is 0.300. The van der Waals surface area contributed by atoms with E-state index in [2.05, 4.69) is 36.6 Å². The molecular weight excluding hydrogens is 162 g/mol. The minimum Gasteiger partial charge on any atom is -0.314 e. The molecule has 78 valence electrons. The SMILES string of the molecule is CC(CNCC1CCCN1)N(C)C. The average molecular weight is 185 g/mol. The van der Waals surface area contributed by atoms with Crippen LogP contribution in [0.15, 0.2) is 0 Å². The molecule has 0 aromatic rings. The summed E-state index contributed by atoms with van der Waals surface area (Å²) in [6, 6.07) is 1.34. The minimum atomic E-state index is 0.626. The Morgan fingerprint density at radius 3 is 2.85 bits per heavy atom. The van der Waals surface area contributed by atoms with Gasteiger partial charge in [-0.2, -0.15) is 0 Å². The molecule has 0 aromatic carbocycles. The molecule has 1 heterocycles. The normalized spacial score (nSPS) is 25.4. The van der Waals surface area contributed by atoms with Gasteiger partial charge in [0.25, 0.3) is 0 Å². The number of hydrogen-bond donors (Lipinski definition) is 2. The van der Waals surface area contributed by atoms with Crippen LogP contribution in [0.1, 0.15) is 19.8 Å². The molecule has 0 aliphatic carbocycles. The summed E-state index contributed by atoms with van der Waals surface area (Å²) in [4.78, 5) is 2.25. The molecule has 3 heteroatoms. The molecule has 0 saturated carbocycles. The van der Waals surface area contributed by atoms with Gasteiger partial charge >= 0.3 is 0 Å². The fourth-order valence-corrected chi connectivity index (χ4v) is 1.58. The summed E-state index contributed by atoms with van der Waals surface area (Å²) in [5.41, 5.74) is 0. The molecule has 0 amide bonds. The molecule has 2 atom stereocenters. The highest BCUT2D eigenvalue weighted by molar-refractivity contribution is 4.77. The molecule has 3 nitrogen and oxygen atoms in total. The van der Waals surface area contributed by atoms with Crippen LogP contribution in [0.4, 0.5) is 0 Å². The molecule has 13 heavy (non-hydrogen) atoms. The summed E-state index contributed by atoms with van der Waals surface area (Å²) in [6.07, 6.45) is 2.68. The first kappa shape index (κ1) is 11.0. The molecule has 0 bridgehead atoms.